The van der Waals surface area contributed by atoms with Crippen LogP contribution in [0.3, 0.4) is 0 Å². The molecule has 0 saturated carbocycles. The number of nitrogens with two attached hydrogens (primary N) is 1. The first kappa shape index (κ1) is 19.5. The van der Waals surface area contributed by atoms with E-state index in [4.69, 9.17) is 17.3 Å². The van der Waals surface area contributed by atoms with E-state index in [2.05, 4.69) is 15.2 Å². The minimum Gasteiger partial charge on any atom is -0.385 e. The molecule has 2 heterocycles. The third kappa shape index (κ3) is 3.40. The van der Waals surface area contributed by atoms with Crippen LogP contribution in [0.5, 0.6) is 0 Å². The van der Waals surface area contributed by atoms with E-state index in [1.54, 1.807) is 24.1 Å². The molecule has 2 aliphatic rings. The average molecular weight is 421 g/mol. The van der Waals surface area contributed by atoms with Crippen LogP contribution in [0.2, 0.25) is 0 Å². The van der Waals surface area contributed by atoms with E-state index in [0.29, 0.717) is 10.9 Å². The average Bonchev–Trinajstić information content (AvgIpc) is 3.29. The van der Waals surface area contributed by atoms with Crippen LogP contribution in [0.25, 0.3) is 0 Å². The third-order valence-electron chi connectivity index (χ3n) is 5.39. The molecule has 152 valence electrons. The lowest BCUT2D eigenvalue weighted by Gasteiger charge is -2.41. The lowest BCUT2D eigenvalue weighted by atomic mass is 9.84. The van der Waals surface area contributed by atoms with Crippen LogP contribution in [-0.2, 0) is 12.1 Å². The normalized spacial score (nSPS) is 24.0. The zero-order chi connectivity index (χ0) is 20.8. The first-order valence-corrected chi connectivity index (χ1v) is 9.35. The highest BCUT2D eigenvalue weighted by Gasteiger charge is 2.47. The Morgan fingerprint density at radius 2 is 2.17 bits per heavy atom. The van der Waals surface area contributed by atoms with Crippen molar-refractivity contribution in [1.82, 2.24) is 19.8 Å². The molecular weight excluding hydrogens is 402 g/mol. The fourth-order valence-electron chi connectivity index (χ4n) is 3.82. The van der Waals surface area contributed by atoms with Gasteiger partial charge in [-0.15, -0.1) is 0 Å². The standard InChI is InChI=1S/C19H19ClF2N6O/c1-11(28-17-5-2-12(20)6-14(17)18(23)26-28)19(29,8-27-10-24-9-25-27)15-4-3-13(21)7-16(15)22/h2-7,9-11,14,17,29H,8H2,1H3,(H2,23,26)/t11-,14?,17?,19-/m1/s1. The van der Waals surface area contributed by atoms with Crippen molar-refractivity contribution in [2.45, 2.75) is 31.2 Å². The van der Waals surface area contributed by atoms with Gasteiger partial charge in [0.2, 0.25) is 0 Å². The summed E-state index contributed by atoms with van der Waals surface area (Å²) in [7, 11) is 0. The molecule has 4 rings (SSSR count). The Balaban J connectivity index is 1.76. The third-order valence-corrected chi connectivity index (χ3v) is 5.64. The molecule has 1 aliphatic carbocycles. The van der Waals surface area contributed by atoms with E-state index in [-0.39, 0.29) is 24.1 Å². The number of amidine groups is 1. The molecule has 0 bridgehead atoms. The van der Waals surface area contributed by atoms with Gasteiger partial charge in [-0.2, -0.15) is 10.2 Å². The second-order valence-electron chi connectivity index (χ2n) is 7.15. The van der Waals surface area contributed by atoms with Gasteiger partial charge in [0.05, 0.1) is 24.5 Å². The van der Waals surface area contributed by atoms with Crippen molar-refractivity contribution in [3.63, 3.8) is 0 Å². The number of hydrogen-bond donors (Lipinski definition) is 2. The largest absolute Gasteiger partial charge is 0.385 e. The maximum atomic E-state index is 14.7. The zero-order valence-electron chi connectivity index (χ0n) is 15.5. The molecule has 4 atom stereocenters. The van der Waals surface area contributed by atoms with Crippen LogP contribution in [-0.4, -0.2) is 42.8 Å². The summed E-state index contributed by atoms with van der Waals surface area (Å²) in [6.45, 7) is 1.58. The predicted molar refractivity (Wildman–Crippen MR) is 104 cm³/mol. The van der Waals surface area contributed by atoms with Gasteiger partial charge in [-0.25, -0.2) is 18.4 Å². The summed E-state index contributed by atoms with van der Waals surface area (Å²) in [5.74, 6) is -1.52. The fraction of sp³-hybridized carbons (Fsp3) is 0.316. The van der Waals surface area contributed by atoms with Crippen molar-refractivity contribution in [2.75, 3.05) is 0 Å². The molecule has 3 N–H and O–H groups in total. The van der Waals surface area contributed by atoms with Crippen molar-refractivity contribution >= 4 is 17.4 Å². The molecule has 0 radical (unpaired) electrons. The van der Waals surface area contributed by atoms with Gasteiger partial charge in [-0.3, -0.25) is 5.01 Å². The Hall–Kier alpha value is -2.78. The maximum absolute atomic E-state index is 14.7. The van der Waals surface area contributed by atoms with E-state index in [9.17, 15) is 13.9 Å². The second kappa shape index (κ2) is 7.23. The molecule has 1 aromatic heterocycles. The van der Waals surface area contributed by atoms with Crippen LogP contribution in [0.4, 0.5) is 8.78 Å². The molecule has 1 aliphatic heterocycles. The Morgan fingerprint density at radius 3 is 2.86 bits per heavy atom. The summed E-state index contributed by atoms with van der Waals surface area (Å²) < 4.78 is 29.6. The minimum absolute atomic E-state index is 0.0764. The molecule has 0 saturated heterocycles. The van der Waals surface area contributed by atoms with Gasteiger partial charge in [0, 0.05) is 16.7 Å². The monoisotopic (exact) mass is 420 g/mol. The Labute approximate surface area is 170 Å². The number of nitrogens with zero attached hydrogens (tertiary/aromatic N) is 5. The number of aromatic nitrogens is 3. The summed E-state index contributed by atoms with van der Waals surface area (Å²) in [5, 5.41) is 22.3. The summed E-state index contributed by atoms with van der Waals surface area (Å²) in [6, 6.07) is 2.02. The van der Waals surface area contributed by atoms with Crippen LogP contribution >= 0.6 is 11.6 Å². The number of hydrazone groups is 1. The van der Waals surface area contributed by atoms with Crippen molar-refractivity contribution in [3.8, 4) is 0 Å². The van der Waals surface area contributed by atoms with E-state index >= 15 is 0 Å². The first-order valence-electron chi connectivity index (χ1n) is 8.98. The van der Waals surface area contributed by atoms with Crippen LogP contribution in [0.15, 0.2) is 59.2 Å². The lowest BCUT2D eigenvalue weighted by Crippen LogP contribution is -2.52. The number of rotatable bonds is 5. The first-order chi connectivity index (χ1) is 13.8. The summed E-state index contributed by atoms with van der Waals surface area (Å²) >= 11 is 6.08. The number of hydrogen-bond acceptors (Lipinski definition) is 6. The molecule has 0 amide bonds. The van der Waals surface area contributed by atoms with Gasteiger partial charge in [0.15, 0.2) is 0 Å². The Morgan fingerprint density at radius 1 is 1.38 bits per heavy atom. The number of allylic oxidation sites excluding steroid dienone is 2. The Bertz CT molecular complexity index is 1010. The van der Waals surface area contributed by atoms with E-state index in [0.717, 1.165) is 12.1 Å². The fourth-order valence-corrected chi connectivity index (χ4v) is 4.03. The highest BCUT2D eigenvalue weighted by molar-refractivity contribution is 6.31. The molecule has 1 aromatic carbocycles. The molecule has 29 heavy (non-hydrogen) atoms. The van der Waals surface area contributed by atoms with Crippen molar-refractivity contribution in [2.24, 2.45) is 16.8 Å². The van der Waals surface area contributed by atoms with Crippen LogP contribution < -0.4 is 5.73 Å². The minimum atomic E-state index is -1.82. The smallest absolute Gasteiger partial charge is 0.137 e. The van der Waals surface area contributed by atoms with Gasteiger partial charge < -0.3 is 10.8 Å². The second-order valence-corrected chi connectivity index (χ2v) is 7.59. The summed E-state index contributed by atoms with van der Waals surface area (Å²) in [4.78, 5) is 3.87. The van der Waals surface area contributed by atoms with E-state index in [1.165, 1.54) is 23.4 Å². The quantitative estimate of drug-likeness (QED) is 0.772. The topological polar surface area (TPSA) is 92.6 Å². The number of benzene rings is 1. The van der Waals surface area contributed by atoms with Crippen molar-refractivity contribution < 1.29 is 13.9 Å². The number of fused-ring (bicyclic) bond motifs is 1. The SMILES string of the molecule is C[C@@H](N1N=C(N)C2C=C(Cl)C=CC21)[C@](O)(Cn1cncn1)c1ccc(F)cc1F. The molecule has 10 heteroatoms. The summed E-state index contributed by atoms with van der Waals surface area (Å²) in [5.41, 5.74) is 4.19. The van der Waals surface area contributed by atoms with E-state index in [1.807, 2.05) is 6.08 Å². The van der Waals surface area contributed by atoms with Gasteiger partial charge >= 0.3 is 0 Å². The highest BCUT2D eigenvalue weighted by atomic mass is 35.5. The van der Waals surface area contributed by atoms with Crippen molar-refractivity contribution in [3.05, 3.63) is 71.3 Å². The van der Waals surface area contributed by atoms with Crippen LogP contribution in [0, 0.1) is 17.6 Å². The molecule has 0 spiro atoms. The Kier molecular flexibility index (Phi) is 4.87. The predicted octanol–water partition coefficient (Wildman–Crippen LogP) is 2.10. The molecular formula is C19H19ClF2N6O. The molecule has 7 nitrogen and oxygen atoms in total. The van der Waals surface area contributed by atoms with Gasteiger partial charge in [-0.1, -0.05) is 29.8 Å². The molecule has 2 unspecified atom stereocenters. The van der Waals surface area contributed by atoms with Gasteiger partial charge in [0.1, 0.15) is 35.7 Å². The highest BCUT2D eigenvalue weighted by Crippen LogP contribution is 2.38. The van der Waals surface area contributed by atoms with Crippen molar-refractivity contribution in [1.29, 1.82) is 0 Å². The zero-order valence-corrected chi connectivity index (χ0v) is 16.2. The van der Waals surface area contributed by atoms with Gasteiger partial charge in [-0.05, 0) is 19.1 Å². The number of aliphatic hydroxyl groups is 1. The molecule has 2 aromatic rings. The lowest BCUT2D eigenvalue weighted by molar-refractivity contribution is -0.0687. The molecule has 0 fully saturated rings. The summed E-state index contributed by atoms with van der Waals surface area (Å²) in [6.07, 6.45) is 8.07. The number of halogens is 3. The van der Waals surface area contributed by atoms with E-state index < -0.39 is 23.3 Å². The van der Waals surface area contributed by atoms with Gasteiger partial charge in [0.25, 0.3) is 0 Å². The van der Waals surface area contributed by atoms with Crippen LogP contribution in [0.1, 0.15) is 12.5 Å². The maximum Gasteiger partial charge on any atom is 0.137 e.